The van der Waals surface area contributed by atoms with E-state index in [1.807, 2.05) is 17.1 Å². The van der Waals surface area contributed by atoms with Gasteiger partial charge in [-0.15, -0.1) is 0 Å². The van der Waals surface area contributed by atoms with Crippen molar-refractivity contribution in [2.24, 2.45) is 0 Å². The predicted octanol–water partition coefficient (Wildman–Crippen LogP) is 0.418. The molecular weight excluding hydrogens is 134 g/mol. The monoisotopic (exact) mass is 144 g/mol. The lowest BCUT2D eigenvalue weighted by molar-refractivity contribution is -0.692. The Balaban J connectivity index is 2.30. The van der Waals surface area contributed by atoms with Gasteiger partial charge in [-0.05, 0) is 0 Å². The van der Waals surface area contributed by atoms with E-state index in [1.54, 1.807) is 11.3 Å². The van der Waals surface area contributed by atoms with Gasteiger partial charge >= 0.3 is 0 Å². The summed E-state index contributed by atoms with van der Waals surface area (Å²) in [6.07, 6.45) is 2.86. The molecule has 0 aliphatic rings. The Hall–Kier alpha value is -0.410. The van der Waals surface area contributed by atoms with Crippen molar-refractivity contribution in [2.45, 2.75) is 13.0 Å². The van der Waals surface area contributed by atoms with E-state index in [2.05, 4.69) is 4.57 Å². The summed E-state index contributed by atoms with van der Waals surface area (Å²) in [5.41, 5.74) is 2.04. The zero-order chi connectivity index (χ0) is 6.53. The third-order valence-corrected chi connectivity index (χ3v) is 1.77. The van der Waals surface area contributed by atoms with E-state index in [-0.39, 0.29) is 6.61 Å². The summed E-state index contributed by atoms with van der Waals surface area (Å²) in [5.74, 6) is 0. The third-order valence-electron chi connectivity index (χ3n) is 1.10. The molecule has 0 bridgehead atoms. The quantitative estimate of drug-likeness (QED) is 0.611. The number of aryl methyl sites for hydroxylation is 1. The maximum atomic E-state index is 8.46. The summed E-state index contributed by atoms with van der Waals surface area (Å²) >= 11 is 1.67. The van der Waals surface area contributed by atoms with Gasteiger partial charge < -0.3 is 5.11 Å². The largest absolute Gasteiger partial charge is 0.396 e. The Morgan fingerprint density at radius 3 is 3.00 bits per heavy atom. The van der Waals surface area contributed by atoms with Gasteiger partial charge in [-0.1, -0.05) is 11.3 Å². The minimum Gasteiger partial charge on any atom is -0.396 e. The average Bonchev–Trinajstić information content (AvgIpc) is 2.34. The predicted molar refractivity (Wildman–Crippen MR) is 36.2 cm³/mol. The van der Waals surface area contributed by atoms with Gasteiger partial charge in [0.25, 0.3) is 0 Å². The molecule has 0 radical (unpaired) electrons. The van der Waals surface area contributed by atoms with Crippen molar-refractivity contribution in [2.75, 3.05) is 6.61 Å². The van der Waals surface area contributed by atoms with Crippen LogP contribution in [0.25, 0.3) is 0 Å². The number of hydrogen-bond donors (Lipinski definition) is 1. The van der Waals surface area contributed by atoms with E-state index in [1.165, 1.54) is 0 Å². The van der Waals surface area contributed by atoms with Crippen LogP contribution >= 0.6 is 11.3 Å². The number of nitrogens with zero attached hydrogens (tertiary/aromatic N) is 1. The molecule has 1 rings (SSSR count). The lowest BCUT2D eigenvalue weighted by Gasteiger charge is -1.86. The van der Waals surface area contributed by atoms with Crippen LogP contribution in [0.2, 0.25) is 0 Å². The molecule has 1 aromatic rings. The van der Waals surface area contributed by atoms with Crippen molar-refractivity contribution in [1.82, 2.24) is 0 Å². The van der Waals surface area contributed by atoms with Crippen molar-refractivity contribution < 1.29 is 9.67 Å². The van der Waals surface area contributed by atoms with Gasteiger partial charge in [-0.3, -0.25) is 0 Å². The molecule has 0 saturated carbocycles. The highest BCUT2D eigenvalue weighted by molar-refractivity contribution is 7.07. The Bertz CT molecular complexity index is 150. The van der Waals surface area contributed by atoms with Crippen molar-refractivity contribution in [3.8, 4) is 0 Å². The van der Waals surface area contributed by atoms with Crippen LogP contribution in [0.5, 0.6) is 0 Å². The van der Waals surface area contributed by atoms with Crippen LogP contribution < -0.4 is 4.57 Å². The highest BCUT2D eigenvalue weighted by Crippen LogP contribution is 1.88. The molecular formula is C6H10NOS+. The van der Waals surface area contributed by atoms with Crippen molar-refractivity contribution in [1.29, 1.82) is 0 Å². The van der Waals surface area contributed by atoms with E-state index in [0.29, 0.717) is 0 Å². The second-order valence-electron chi connectivity index (χ2n) is 1.84. The van der Waals surface area contributed by atoms with Gasteiger partial charge in [-0.2, -0.15) is 4.57 Å². The van der Waals surface area contributed by atoms with E-state index in [0.717, 1.165) is 13.0 Å². The standard InChI is InChI=1S/C6H10NOS/c8-4-1-2-7-3-5-9-6-7/h3,5-6,8H,1-2,4H2/q+1. The molecule has 0 atom stereocenters. The smallest absolute Gasteiger partial charge is 0.224 e. The zero-order valence-corrected chi connectivity index (χ0v) is 5.97. The normalized spacial score (nSPS) is 9.89. The fraction of sp³-hybridized carbons (Fsp3) is 0.500. The first-order valence-corrected chi connectivity index (χ1v) is 3.90. The second-order valence-corrected chi connectivity index (χ2v) is 2.60. The molecule has 0 aliphatic heterocycles. The van der Waals surface area contributed by atoms with Crippen LogP contribution in [-0.2, 0) is 6.54 Å². The fourth-order valence-electron chi connectivity index (χ4n) is 0.642. The van der Waals surface area contributed by atoms with Crippen LogP contribution in [0.1, 0.15) is 6.42 Å². The topological polar surface area (TPSA) is 24.1 Å². The SMILES string of the molecule is OCCC[n+]1ccsc1. The second kappa shape index (κ2) is 3.58. The van der Waals surface area contributed by atoms with Gasteiger partial charge in [0.1, 0.15) is 0 Å². The maximum Gasteiger partial charge on any atom is 0.224 e. The molecule has 0 amide bonds. The molecule has 0 spiro atoms. The van der Waals surface area contributed by atoms with Crippen LogP contribution in [0.3, 0.4) is 0 Å². The Morgan fingerprint density at radius 2 is 2.44 bits per heavy atom. The number of hydrogen-bond acceptors (Lipinski definition) is 2. The molecule has 0 unspecified atom stereocenters. The van der Waals surface area contributed by atoms with Crippen molar-refractivity contribution >= 4 is 11.3 Å². The summed E-state index contributed by atoms with van der Waals surface area (Å²) in [5, 5.41) is 10.5. The minimum absolute atomic E-state index is 0.281. The third kappa shape index (κ3) is 2.11. The molecule has 3 heteroatoms. The van der Waals surface area contributed by atoms with Gasteiger partial charge in [-0.25, -0.2) is 0 Å². The Morgan fingerprint density at radius 1 is 1.56 bits per heavy atom. The van der Waals surface area contributed by atoms with E-state index < -0.39 is 0 Å². The van der Waals surface area contributed by atoms with E-state index in [9.17, 15) is 0 Å². The van der Waals surface area contributed by atoms with Crippen LogP contribution in [0, 0.1) is 0 Å². The van der Waals surface area contributed by atoms with E-state index in [4.69, 9.17) is 5.11 Å². The number of aliphatic hydroxyl groups is 1. The summed E-state index contributed by atoms with van der Waals surface area (Å²) in [6, 6.07) is 0. The first kappa shape index (κ1) is 6.71. The number of thiazole rings is 1. The molecule has 1 aromatic heterocycles. The molecule has 1 N–H and O–H groups in total. The highest BCUT2D eigenvalue weighted by Gasteiger charge is 1.96. The molecule has 0 saturated heterocycles. The van der Waals surface area contributed by atoms with Gasteiger partial charge in [0, 0.05) is 13.0 Å². The minimum atomic E-state index is 0.281. The Labute approximate surface area is 58.4 Å². The van der Waals surface area contributed by atoms with Gasteiger partial charge in [0.2, 0.25) is 5.51 Å². The van der Waals surface area contributed by atoms with Crippen LogP contribution in [-0.4, -0.2) is 11.7 Å². The van der Waals surface area contributed by atoms with Crippen molar-refractivity contribution in [3.63, 3.8) is 0 Å². The number of rotatable bonds is 3. The molecule has 2 nitrogen and oxygen atoms in total. The summed E-state index contributed by atoms with van der Waals surface area (Å²) in [6.45, 7) is 1.21. The molecule has 0 fully saturated rings. The van der Waals surface area contributed by atoms with E-state index >= 15 is 0 Å². The highest BCUT2D eigenvalue weighted by atomic mass is 32.1. The Kier molecular flexibility index (Phi) is 2.67. The van der Waals surface area contributed by atoms with Gasteiger partial charge in [0.05, 0.1) is 5.38 Å². The molecule has 1 heterocycles. The fourth-order valence-corrected chi connectivity index (χ4v) is 1.27. The molecule has 9 heavy (non-hydrogen) atoms. The molecule has 50 valence electrons. The number of aliphatic hydroxyl groups excluding tert-OH is 1. The van der Waals surface area contributed by atoms with Crippen LogP contribution in [0.15, 0.2) is 17.1 Å². The maximum absolute atomic E-state index is 8.46. The van der Waals surface area contributed by atoms with Crippen molar-refractivity contribution in [3.05, 3.63) is 17.1 Å². The number of aromatic nitrogens is 1. The first-order valence-electron chi connectivity index (χ1n) is 2.95. The first-order chi connectivity index (χ1) is 4.43. The molecule has 0 aliphatic carbocycles. The summed E-state index contributed by atoms with van der Waals surface area (Å²) < 4.78 is 2.07. The van der Waals surface area contributed by atoms with Crippen LogP contribution in [0.4, 0.5) is 0 Å². The molecule has 0 aromatic carbocycles. The summed E-state index contributed by atoms with van der Waals surface area (Å²) in [7, 11) is 0. The lowest BCUT2D eigenvalue weighted by atomic mass is 10.4. The lowest BCUT2D eigenvalue weighted by Crippen LogP contribution is -2.30. The zero-order valence-electron chi connectivity index (χ0n) is 5.16. The summed E-state index contributed by atoms with van der Waals surface area (Å²) in [4.78, 5) is 0. The van der Waals surface area contributed by atoms with Gasteiger partial charge in [0.15, 0.2) is 12.7 Å². The average molecular weight is 144 g/mol.